The fraction of sp³-hybridized carbons (Fsp3) is 0.444. The fourth-order valence-electron chi connectivity index (χ4n) is 3.54. The molecule has 130 valence electrons. The third-order valence-electron chi connectivity index (χ3n) is 4.72. The molecule has 3 aromatic heterocycles. The predicted molar refractivity (Wildman–Crippen MR) is 96.2 cm³/mol. The molecule has 25 heavy (non-hydrogen) atoms. The van der Waals surface area contributed by atoms with E-state index in [1.54, 1.807) is 17.7 Å². The summed E-state index contributed by atoms with van der Waals surface area (Å²) in [5.74, 6) is 1.44. The minimum absolute atomic E-state index is 0.632. The van der Waals surface area contributed by atoms with Crippen LogP contribution in [0.3, 0.4) is 0 Å². The predicted octanol–water partition coefficient (Wildman–Crippen LogP) is 3.27. The second-order valence-corrected chi connectivity index (χ2v) is 7.59. The zero-order chi connectivity index (χ0) is 17.2. The molecule has 7 heteroatoms. The number of rotatable bonds is 5. The normalized spacial score (nSPS) is 18.1. The van der Waals surface area contributed by atoms with Crippen LogP contribution in [0.1, 0.15) is 28.6 Å². The molecule has 3 aromatic rings. The van der Waals surface area contributed by atoms with Gasteiger partial charge >= 0.3 is 0 Å². The van der Waals surface area contributed by atoms with Crippen molar-refractivity contribution in [2.75, 3.05) is 13.1 Å². The summed E-state index contributed by atoms with van der Waals surface area (Å²) in [5, 5.41) is 7.26. The lowest BCUT2D eigenvalue weighted by Crippen LogP contribution is -2.20. The summed E-state index contributed by atoms with van der Waals surface area (Å²) < 4.78 is 5.26. The van der Waals surface area contributed by atoms with Crippen LogP contribution in [-0.2, 0) is 13.0 Å². The molecule has 0 saturated carbocycles. The molecule has 0 aliphatic carbocycles. The van der Waals surface area contributed by atoms with Crippen molar-refractivity contribution in [2.24, 2.45) is 5.92 Å². The Morgan fingerprint density at radius 3 is 2.96 bits per heavy atom. The van der Waals surface area contributed by atoms with Crippen LogP contribution in [0, 0.1) is 19.8 Å². The van der Waals surface area contributed by atoms with E-state index in [-0.39, 0.29) is 0 Å². The molecule has 0 spiro atoms. The van der Waals surface area contributed by atoms with Gasteiger partial charge in [-0.2, -0.15) is 0 Å². The van der Waals surface area contributed by atoms with Crippen molar-refractivity contribution in [1.29, 1.82) is 0 Å². The van der Waals surface area contributed by atoms with Crippen LogP contribution in [0.2, 0.25) is 0 Å². The summed E-state index contributed by atoms with van der Waals surface area (Å²) in [4.78, 5) is 15.8. The average molecular weight is 355 g/mol. The van der Waals surface area contributed by atoms with Crippen LogP contribution < -0.4 is 0 Å². The van der Waals surface area contributed by atoms with Crippen molar-refractivity contribution >= 4 is 11.3 Å². The molecular weight excluding hydrogens is 334 g/mol. The number of thiazole rings is 1. The fourth-order valence-corrected chi connectivity index (χ4v) is 4.19. The van der Waals surface area contributed by atoms with Crippen LogP contribution >= 0.6 is 11.3 Å². The summed E-state index contributed by atoms with van der Waals surface area (Å²) in [6, 6.07) is 2.08. The molecule has 1 saturated heterocycles. The Hall–Kier alpha value is -2.12. The molecule has 1 aliphatic rings. The summed E-state index contributed by atoms with van der Waals surface area (Å²) in [5.41, 5.74) is 3.85. The number of hydrogen-bond acceptors (Lipinski definition) is 7. The number of likely N-dealkylation sites (tertiary alicyclic amines) is 1. The minimum Gasteiger partial charge on any atom is -0.361 e. The van der Waals surface area contributed by atoms with Gasteiger partial charge in [-0.3, -0.25) is 4.90 Å². The van der Waals surface area contributed by atoms with E-state index in [9.17, 15) is 0 Å². The van der Waals surface area contributed by atoms with Crippen molar-refractivity contribution in [3.63, 3.8) is 0 Å². The Morgan fingerprint density at radius 2 is 2.20 bits per heavy atom. The third kappa shape index (κ3) is 3.62. The van der Waals surface area contributed by atoms with Gasteiger partial charge < -0.3 is 4.52 Å². The van der Waals surface area contributed by atoms with E-state index >= 15 is 0 Å². The summed E-state index contributed by atoms with van der Waals surface area (Å²) in [7, 11) is 0. The molecule has 1 fully saturated rings. The quantitative estimate of drug-likeness (QED) is 0.700. The Kier molecular flexibility index (Phi) is 4.59. The first-order valence-electron chi connectivity index (χ1n) is 8.54. The molecule has 4 rings (SSSR count). The lowest BCUT2D eigenvalue weighted by Gasteiger charge is -2.14. The molecule has 0 radical (unpaired) electrons. The van der Waals surface area contributed by atoms with Gasteiger partial charge in [0.15, 0.2) is 0 Å². The SMILES string of the molecule is Cc1noc(C)c1-c1cc(CC2CCN(Cc3nccs3)C2)ncn1. The number of aryl methyl sites for hydroxylation is 2. The average Bonchev–Trinajstić information content (AvgIpc) is 3.32. The van der Waals surface area contributed by atoms with E-state index in [0.29, 0.717) is 5.92 Å². The Bertz CT molecular complexity index is 826. The number of aromatic nitrogens is 4. The van der Waals surface area contributed by atoms with Gasteiger partial charge in [0, 0.05) is 23.8 Å². The maximum atomic E-state index is 5.26. The van der Waals surface area contributed by atoms with Crippen LogP contribution in [0.15, 0.2) is 28.5 Å². The van der Waals surface area contributed by atoms with Gasteiger partial charge in [0.05, 0.1) is 23.5 Å². The van der Waals surface area contributed by atoms with Gasteiger partial charge in [0.2, 0.25) is 0 Å². The smallest absolute Gasteiger partial charge is 0.143 e. The van der Waals surface area contributed by atoms with Crippen LogP contribution in [-0.4, -0.2) is 38.1 Å². The third-order valence-corrected chi connectivity index (χ3v) is 5.49. The van der Waals surface area contributed by atoms with Crippen LogP contribution in [0.25, 0.3) is 11.3 Å². The maximum absolute atomic E-state index is 5.26. The lowest BCUT2D eigenvalue weighted by molar-refractivity contribution is 0.315. The van der Waals surface area contributed by atoms with E-state index in [1.807, 2.05) is 25.4 Å². The number of nitrogens with zero attached hydrogens (tertiary/aromatic N) is 5. The Morgan fingerprint density at radius 1 is 1.28 bits per heavy atom. The molecule has 4 heterocycles. The number of hydrogen-bond donors (Lipinski definition) is 0. The molecule has 0 N–H and O–H groups in total. The maximum Gasteiger partial charge on any atom is 0.143 e. The minimum atomic E-state index is 0.632. The van der Waals surface area contributed by atoms with E-state index in [0.717, 1.165) is 54.5 Å². The summed E-state index contributed by atoms with van der Waals surface area (Å²) in [6.45, 7) is 7.06. The molecule has 1 unspecified atom stereocenters. The van der Waals surface area contributed by atoms with Gasteiger partial charge in [-0.1, -0.05) is 5.16 Å². The van der Waals surface area contributed by atoms with Gasteiger partial charge in [-0.15, -0.1) is 11.3 Å². The van der Waals surface area contributed by atoms with E-state index in [4.69, 9.17) is 4.52 Å². The Labute approximate surface area is 150 Å². The van der Waals surface area contributed by atoms with Crippen molar-refractivity contribution < 1.29 is 4.52 Å². The van der Waals surface area contributed by atoms with Crippen molar-refractivity contribution in [2.45, 2.75) is 33.2 Å². The monoisotopic (exact) mass is 355 g/mol. The van der Waals surface area contributed by atoms with Crippen molar-refractivity contribution in [3.8, 4) is 11.3 Å². The zero-order valence-electron chi connectivity index (χ0n) is 14.5. The van der Waals surface area contributed by atoms with Gasteiger partial charge in [-0.05, 0) is 45.2 Å². The first kappa shape index (κ1) is 16.4. The molecule has 1 atom stereocenters. The molecule has 0 amide bonds. The molecule has 1 aliphatic heterocycles. The van der Waals surface area contributed by atoms with E-state index in [2.05, 4.69) is 31.1 Å². The Balaban J connectivity index is 1.43. The van der Waals surface area contributed by atoms with Crippen molar-refractivity contribution in [3.05, 3.63) is 46.1 Å². The molecule has 6 nitrogen and oxygen atoms in total. The van der Waals surface area contributed by atoms with Gasteiger partial charge in [0.25, 0.3) is 0 Å². The zero-order valence-corrected chi connectivity index (χ0v) is 15.3. The van der Waals surface area contributed by atoms with Crippen LogP contribution in [0.5, 0.6) is 0 Å². The van der Waals surface area contributed by atoms with Crippen molar-refractivity contribution in [1.82, 2.24) is 25.0 Å². The first-order chi connectivity index (χ1) is 12.2. The lowest BCUT2D eigenvalue weighted by atomic mass is 10.0. The van der Waals surface area contributed by atoms with E-state index < -0.39 is 0 Å². The van der Waals surface area contributed by atoms with Crippen LogP contribution in [0.4, 0.5) is 0 Å². The first-order valence-corrected chi connectivity index (χ1v) is 9.42. The molecule has 0 aromatic carbocycles. The molecular formula is C18H21N5OS. The second kappa shape index (κ2) is 7.01. The van der Waals surface area contributed by atoms with Gasteiger partial charge in [-0.25, -0.2) is 15.0 Å². The van der Waals surface area contributed by atoms with Gasteiger partial charge in [0.1, 0.15) is 17.1 Å². The van der Waals surface area contributed by atoms with E-state index in [1.165, 1.54) is 11.4 Å². The standard InChI is InChI=1S/C18H21N5OS/c1-12-18(13(2)24-22-12)16-8-15(20-11-21-16)7-14-3-5-23(9-14)10-17-19-4-6-25-17/h4,6,8,11,14H,3,5,7,9-10H2,1-2H3. The highest BCUT2D eigenvalue weighted by Gasteiger charge is 2.24. The largest absolute Gasteiger partial charge is 0.361 e. The second-order valence-electron chi connectivity index (χ2n) is 6.61. The topological polar surface area (TPSA) is 67.9 Å². The summed E-state index contributed by atoms with van der Waals surface area (Å²) >= 11 is 1.73. The molecule has 0 bridgehead atoms. The highest BCUT2D eigenvalue weighted by Crippen LogP contribution is 2.27. The highest BCUT2D eigenvalue weighted by atomic mass is 32.1. The highest BCUT2D eigenvalue weighted by molar-refractivity contribution is 7.09. The summed E-state index contributed by atoms with van der Waals surface area (Å²) in [6.07, 6.45) is 5.72.